The van der Waals surface area contributed by atoms with Gasteiger partial charge in [0.15, 0.2) is 11.5 Å². The van der Waals surface area contributed by atoms with Crippen LogP contribution in [0.25, 0.3) is 0 Å². The first-order valence-electron chi connectivity index (χ1n) is 4.70. The van der Waals surface area contributed by atoms with Crippen LogP contribution in [-0.2, 0) is 11.3 Å². The Morgan fingerprint density at radius 1 is 1.80 bits per heavy atom. The van der Waals surface area contributed by atoms with Gasteiger partial charge in [-0.15, -0.1) is 0 Å². The Balaban J connectivity index is 1.99. The van der Waals surface area contributed by atoms with Crippen molar-refractivity contribution < 1.29 is 14.1 Å². The van der Waals surface area contributed by atoms with Crippen molar-refractivity contribution in [2.24, 2.45) is 5.73 Å². The summed E-state index contributed by atoms with van der Waals surface area (Å²) in [7, 11) is 1.55. The van der Waals surface area contributed by atoms with E-state index in [4.69, 9.17) is 15.0 Å². The summed E-state index contributed by atoms with van der Waals surface area (Å²) < 4.78 is 9.78. The van der Waals surface area contributed by atoms with E-state index in [0.717, 1.165) is 0 Å². The zero-order valence-electron chi connectivity index (χ0n) is 8.47. The molecule has 2 rings (SSSR count). The van der Waals surface area contributed by atoms with Gasteiger partial charge in [-0.2, -0.15) is 0 Å². The number of ether oxygens (including phenoxy) is 1. The van der Waals surface area contributed by atoms with Crippen molar-refractivity contribution in [3.63, 3.8) is 0 Å². The average molecular weight is 211 g/mol. The zero-order valence-corrected chi connectivity index (χ0v) is 8.47. The Kier molecular flexibility index (Phi) is 2.70. The third-order valence-corrected chi connectivity index (χ3v) is 2.26. The minimum atomic E-state index is -0.136. The molecule has 0 radical (unpaired) electrons. The average Bonchev–Trinajstić information content (AvgIpc) is 2.61. The van der Waals surface area contributed by atoms with E-state index in [0.29, 0.717) is 31.2 Å². The second-order valence-corrected chi connectivity index (χ2v) is 3.58. The maximum atomic E-state index is 11.7. The molecule has 0 aromatic carbocycles. The first kappa shape index (κ1) is 10.1. The lowest BCUT2D eigenvalue weighted by molar-refractivity contribution is 0.0597. The van der Waals surface area contributed by atoms with E-state index in [2.05, 4.69) is 5.16 Å². The van der Waals surface area contributed by atoms with Crippen LogP contribution in [0.2, 0.25) is 0 Å². The van der Waals surface area contributed by atoms with E-state index < -0.39 is 0 Å². The van der Waals surface area contributed by atoms with E-state index in [9.17, 15) is 4.79 Å². The highest BCUT2D eigenvalue weighted by Gasteiger charge is 2.30. The van der Waals surface area contributed by atoms with Crippen molar-refractivity contribution in [1.82, 2.24) is 10.1 Å². The lowest BCUT2D eigenvalue weighted by Gasteiger charge is -2.36. The van der Waals surface area contributed by atoms with Crippen LogP contribution in [0.1, 0.15) is 16.2 Å². The topological polar surface area (TPSA) is 81.6 Å². The van der Waals surface area contributed by atoms with Crippen molar-refractivity contribution in [3.8, 4) is 0 Å². The van der Waals surface area contributed by atoms with Gasteiger partial charge >= 0.3 is 0 Å². The van der Waals surface area contributed by atoms with Crippen LogP contribution in [0.4, 0.5) is 0 Å². The second-order valence-electron chi connectivity index (χ2n) is 3.58. The van der Waals surface area contributed by atoms with Crippen molar-refractivity contribution in [2.75, 3.05) is 20.2 Å². The molecule has 2 N–H and O–H groups in total. The largest absolute Gasteiger partial charge is 0.377 e. The monoisotopic (exact) mass is 211 g/mol. The number of aromatic nitrogens is 1. The van der Waals surface area contributed by atoms with Crippen molar-refractivity contribution in [1.29, 1.82) is 0 Å². The maximum absolute atomic E-state index is 11.7. The molecule has 0 atom stereocenters. The number of carbonyl (C=O) groups excluding carboxylic acids is 1. The minimum Gasteiger partial charge on any atom is -0.377 e. The number of carbonyl (C=O) groups is 1. The number of hydrogen-bond acceptors (Lipinski definition) is 5. The quantitative estimate of drug-likeness (QED) is 0.736. The molecule has 6 heteroatoms. The summed E-state index contributed by atoms with van der Waals surface area (Å²) >= 11 is 0. The molecule has 0 spiro atoms. The molecule has 2 heterocycles. The SMILES string of the molecule is COCc1cc(C(=O)N2CC(N)C2)no1. The van der Waals surface area contributed by atoms with E-state index in [1.165, 1.54) is 0 Å². The van der Waals surface area contributed by atoms with E-state index >= 15 is 0 Å². The lowest BCUT2D eigenvalue weighted by atomic mass is 10.1. The van der Waals surface area contributed by atoms with Crippen LogP contribution in [0.5, 0.6) is 0 Å². The minimum absolute atomic E-state index is 0.0966. The van der Waals surface area contributed by atoms with Gasteiger partial charge in [-0.3, -0.25) is 4.79 Å². The molecule has 82 valence electrons. The molecule has 15 heavy (non-hydrogen) atoms. The predicted octanol–water partition coefficient (Wildman–Crippen LogP) is -0.396. The van der Waals surface area contributed by atoms with Gasteiger partial charge in [-0.1, -0.05) is 5.16 Å². The summed E-state index contributed by atoms with van der Waals surface area (Å²) in [5.41, 5.74) is 5.89. The molecule has 1 aliphatic heterocycles. The van der Waals surface area contributed by atoms with Crippen LogP contribution in [0, 0.1) is 0 Å². The third kappa shape index (κ3) is 2.00. The van der Waals surface area contributed by atoms with Crippen molar-refractivity contribution in [3.05, 3.63) is 17.5 Å². The molecule has 0 bridgehead atoms. The molecule has 1 saturated heterocycles. The Labute approximate surface area is 87.0 Å². The number of hydrogen-bond donors (Lipinski definition) is 1. The summed E-state index contributed by atoms with van der Waals surface area (Å²) in [5, 5.41) is 3.68. The van der Waals surface area contributed by atoms with E-state index in [-0.39, 0.29) is 11.9 Å². The fourth-order valence-electron chi connectivity index (χ4n) is 1.46. The Bertz CT molecular complexity index is 357. The summed E-state index contributed by atoms with van der Waals surface area (Å²) in [6.45, 7) is 1.50. The molecule has 0 saturated carbocycles. The molecule has 1 aliphatic rings. The molecule has 0 unspecified atom stereocenters. The predicted molar refractivity (Wildman–Crippen MR) is 51.1 cm³/mol. The molecule has 6 nitrogen and oxygen atoms in total. The second kappa shape index (κ2) is 4.00. The Morgan fingerprint density at radius 2 is 2.53 bits per heavy atom. The molecule has 1 fully saturated rings. The zero-order chi connectivity index (χ0) is 10.8. The van der Waals surface area contributed by atoms with Gasteiger partial charge in [0.25, 0.3) is 5.91 Å². The van der Waals surface area contributed by atoms with Gasteiger partial charge in [0.05, 0.1) is 0 Å². The molecule has 1 aromatic heterocycles. The molecule has 1 amide bonds. The van der Waals surface area contributed by atoms with Crippen LogP contribution < -0.4 is 5.73 Å². The van der Waals surface area contributed by atoms with Gasteiger partial charge in [-0.05, 0) is 0 Å². The highest BCUT2D eigenvalue weighted by molar-refractivity contribution is 5.92. The number of amides is 1. The van der Waals surface area contributed by atoms with Crippen LogP contribution >= 0.6 is 0 Å². The molecular formula is C9H13N3O3. The van der Waals surface area contributed by atoms with Gasteiger partial charge in [-0.25, -0.2) is 0 Å². The van der Waals surface area contributed by atoms with Crippen molar-refractivity contribution >= 4 is 5.91 Å². The molecule has 1 aromatic rings. The summed E-state index contributed by atoms with van der Waals surface area (Å²) in [6, 6.07) is 1.69. The summed E-state index contributed by atoms with van der Waals surface area (Å²) in [4.78, 5) is 13.3. The van der Waals surface area contributed by atoms with Crippen LogP contribution in [-0.4, -0.2) is 42.2 Å². The standard InChI is InChI=1S/C9H13N3O3/c1-14-5-7-2-8(11-15-7)9(13)12-3-6(10)4-12/h2,6H,3-5,10H2,1H3. The van der Waals surface area contributed by atoms with Crippen LogP contribution in [0.15, 0.2) is 10.6 Å². The lowest BCUT2D eigenvalue weighted by Crippen LogP contribution is -2.57. The van der Waals surface area contributed by atoms with Gasteiger partial charge in [0.1, 0.15) is 6.61 Å². The third-order valence-electron chi connectivity index (χ3n) is 2.26. The maximum Gasteiger partial charge on any atom is 0.276 e. The number of methoxy groups -OCH3 is 1. The number of rotatable bonds is 3. The van der Waals surface area contributed by atoms with Crippen LogP contribution in [0.3, 0.4) is 0 Å². The summed E-state index contributed by atoms with van der Waals surface area (Å²) in [6.07, 6.45) is 0. The Morgan fingerprint density at radius 3 is 3.13 bits per heavy atom. The summed E-state index contributed by atoms with van der Waals surface area (Å²) in [5.74, 6) is 0.411. The van der Waals surface area contributed by atoms with Crippen molar-refractivity contribution in [2.45, 2.75) is 12.6 Å². The molecular weight excluding hydrogens is 198 g/mol. The first-order valence-corrected chi connectivity index (χ1v) is 4.70. The molecule has 0 aliphatic carbocycles. The van der Waals surface area contributed by atoms with Gasteiger partial charge < -0.3 is 19.9 Å². The Hall–Kier alpha value is -1.40. The first-order chi connectivity index (χ1) is 7.20. The fraction of sp³-hybridized carbons (Fsp3) is 0.556. The number of likely N-dealkylation sites (tertiary alicyclic amines) is 1. The van der Waals surface area contributed by atoms with E-state index in [1.54, 1.807) is 18.1 Å². The number of nitrogens with zero attached hydrogens (tertiary/aromatic N) is 2. The fourth-order valence-corrected chi connectivity index (χ4v) is 1.46. The number of nitrogens with two attached hydrogens (primary N) is 1. The highest BCUT2D eigenvalue weighted by atomic mass is 16.5. The highest BCUT2D eigenvalue weighted by Crippen LogP contribution is 2.12. The van der Waals surface area contributed by atoms with Gasteiger partial charge in [0, 0.05) is 32.3 Å². The normalized spacial score (nSPS) is 16.5. The smallest absolute Gasteiger partial charge is 0.276 e. The van der Waals surface area contributed by atoms with E-state index in [1.807, 2.05) is 0 Å². The van der Waals surface area contributed by atoms with Gasteiger partial charge in [0.2, 0.25) is 0 Å².